The standard InChI is InChI=1S/C29H36S2Si/c1-15(2)20-13-21(16(3)4)22-10-17(5)28(25(22)14-20)32(8,9)29-26-23(11-18(6)30-26)24-12-19(7)31-27(24)29/h10-16,28-29H,1-9H3. The lowest BCUT2D eigenvalue weighted by molar-refractivity contribution is 0.825. The average Bonchev–Trinajstić information content (AvgIpc) is 3.39. The van der Waals surface area contributed by atoms with Crippen molar-refractivity contribution in [3.8, 4) is 11.1 Å². The Morgan fingerprint density at radius 2 is 1.31 bits per heavy atom. The van der Waals surface area contributed by atoms with E-state index in [2.05, 4.69) is 115 Å². The number of fused-ring (bicyclic) bond motifs is 4. The molecule has 168 valence electrons. The smallest absolute Gasteiger partial charge is 0.0747 e. The molecule has 1 atom stereocenters. The lowest BCUT2D eigenvalue weighted by Gasteiger charge is -2.38. The molecule has 3 heteroatoms. The van der Waals surface area contributed by atoms with Gasteiger partial charge in [-0.3, -0.25) is 0 Å². The zero-order valence-electron chi connectivity index (χ0n) is 21.0. The van der Waals surface area contributed by atoms with Gasteiger partial charge in [0.05, 0.1) is 8.07 Å². The van der Waals surface area contributed by atoms with E-state index in [1.165, 1.54) is 32.0 Å². The van der Waals surface area contributed by atoms with Gasteiger partial charge in [0.15, 0.2) is 0 Å². The quantitative estimate of drug-likeness (QED) is 0.329. The largest absolute Gasteiger partial charge is 0.145 e. The summed E-state index contributed by atoms with van der Waals surface area (Å²) in [6, 6.07) is 9.98. The van der Waals surface area contributed by atoms with Gasteiger partial charge in [-0.25, -0.2) is 0 Å². The highest BCUT2D eigenvalue weighted by Crippen LogP contribution is 2.59. The van der Waals surface area contributed by atoms with E-state index in [-0.39, 0.29) is 0 Å². The van der Waals surface area contributed by atoms with Crippen molar-refractivity contribution in [2.75, 3.05) is 0 Å². The van der Waals surface area contributed by atoms with Gasteiger partial charge in [-0.1, -0.05) is 64.6 Å². The molecule has 0 fully saturated rings. The second kappa shape index (κ2) is 7.55. The number of thiophene rings is 2. The minimum atomic E-state index is -1.79. The summed E-state index contributed by atoms with van der Waals surface area (Å²) in [6.07, 6.45) is 2.55. The van der Waals surface area contributed by atoms with Gasteiger partial charge in [0.2, 0.25) is 0 Å². The van der Waals surface area contributed by atoms with E-state index in [1.807, 2.05) is 0 Å². The Balaban J connectivity index is 1.71. The summed E-state index contributed by atoms with van der Waals surface area (Å²) in [6.45, 7) is 21.7. The van der Waals surface area contributed by atoms with Gasteiger partial charge < -0.3 is 0 Å². The molecule has 0 N–H and O–H groups in total. The molecule has 0 radical (unpaired) electrons. The number of benzene rings is 1. The van der Waals surface area contributed by atoms with E-state index in [0.717, 1.165) is 0 Å². The second-order valence-corrected chi connectivity index (χ2v) is 18.6. The molecule has 0 saturated carbocycles. The third kappa shape index (κ3) is 3.19. The molecule has 32 heavy (non-hydrogen) atoms. The highest BCUT2D eigenvalue weighted by Gasteiger charge is 2.50. The monoisotopic (exact) mass is 476 g/mol. The van der Waals surface area contributed by atoms with Crippen LogP contribution < -0.4 is 0 Å². The van der Waals surface area contributed by atoms with Crippen LogP contribution in [-0.4, -0.2) is 8.07 Å². The maximum Gasteiger partial charge on any atom is 0.0747 e. The Hall–Kier alpha value is -1.42. The molecule has 0 bridgehead atoms. The Kier molecular flexibility index (Phi) is 5.28. The van der Waals surface area contributed by atoms with Crippen LogP contribution in [0.4, 0.5) is 0 Å². The number of aryl methyl sites for hydroxylation is 2. The normalized spacial score (nSPS) is 17.8. The first-order valence-corrected chi connectivity index (χ1v) is 16.9. The third-order valence-electron chi connectivity index (χ3n) is 7.76. The summed E-state index contributed by atoms with van der Waals surface area (Å²) in [5.74, 6) is 1.12. The minimum Gasteiger partial charge on any atom is -0.145 e. The van der Waals surface area contributed by atoms with Crippen molar-refractivity contribution in [3.05, 3.63) is 71.6 Å². The topological polar surface area (TPSA) is 0 Å². The Bertz CT molecular complexity index is 1200. The summed E-state index contributed by atoms with van der Waals surface area (Å²) in [5, 5.41) is 0. The zero-order chi connectivity index (χ0) is 23.1. The highest BCUT2D eigenvalue weighted by atomic mass is 32.1. The molecule has 5 rings (SSSR count). The van der Waals surface area contributed by atoms with Crippen molar-refractivity contribution in [1.29, 1.82) is 0 Å². The third-order valence-corrected chi connectivity index (χ3v) is 14.7. The van der Waals surface area contributed by atoms with Crippen LogP contribution in [0.5, 0.6) is 0 Å². The molecule has 3 aromatic rings. The number of hydrogen-bond acceptors (Lipinski definition) is 2. The van der Waals surface area contributed by atoms with E-state index in [4.69, 9.17) is 0 Å². The van der Waals surface area contributed by atoms with Gasteiger partial charge in [-0.2, -0.15) is 0 Å². The van der Waals surface area contributed by atoms with Gasteiger partial charge in [0.25, 0.3) is 0 Å². The maximum absolute atomic E-state index is 2.68. The van der Waals surface area contributed by atoms with Gasteiger partial charge in [0.1, 0.15) is 0 Å². The molecule has 2 aliphatic rings. The van der Waals surface area contributed by atoms with Crippen LogP contribution in [0.1, 0.15) is 99.3 Å². The van der Waals surface area contributed by atoms with Gasteiger partial charge in [0, 0.05) is 30.6 Å². The molecule has 0 spiro atoms. The van der Waals surface area contributed by atoms with Crippen LogP contribution in [0.3, 0.4) is 0 Å². The maximum atomic E-state index is 2.68. The van der Waals surface area contributed by atoms with Gasteiger partial charge >= 0.3 is 0 Å². The van der Waals surface area contributed by atoms with Crippen molar-refractivity contribution < 1.29 is 0 Å². The van der Waals surface area contributed by atoms with Crippen LogP contribution in [0.25, 0.3) is 17.2 Å². The lowest BCUT2D eigenvalue weighted by Crippen LogP contribution is -2.41. The van der Waals surface area contributed by atoms with Crippen molar-refractivity contribution in [2.45, 2.75) is 84.5 Å². The van der Waals surface area contributed by atoms with Crippen LogP contribution in [0, 0.1) is 13.8 Å². The van der Waals surface area contributed by atoms with Crippen LogP contribution in [0.15, 0.2) is 29.8 Å². The fraction of sp³-hybridized carbons (Fsp3) is 0.448. The van der Waals surface area contributed by atoms with Crippen LogP contribution >= 0.6 is 22.7 Å². The van der Waals surface area contributed by atoms with Crippen molar-refractivity contribution in [2.24, 2.45) is 0 Å². The Morgan fingerprint density at radius 1 is 0.750 bits per heavy atom. The summed E-state index contributed by atoms with van der Waals surface area (Å²) in [7, 11) is -1.79. The van der Waals surface area contributed by atoms with E-state index in [9.17, 15) is 0 Å². The first-order chi connectivity index (χ1) is 15.0. The predicted molar refractivity (Wildman–Crippen MR) is 147 cm³/mol. The first kappa shape index (κ1) is 22.4. The van der Waals surface area contributed by atoms with Gasteiger partial charge in [-0.15, -0.1) is 22.7 Å². The van der Waals surface area contributed by atoms with Crippen LogP contribution in [0.2, 0.25) is 13.1 Å². The van der Waals surface area contributed by atoms with Gasteiger partial charge in [-0.05, 0) is 78.1 Å². The molecular weight excluding hydrogens is 441 g/mol. The number of hydrogen-bond donors (Lipinski definition) is 0. The highest BCUT2D eigenvalue weighted by molar-refractivity contribution is 7.16. The molecule has 2 aromatic heterocycles. The zero-order valence-corrected chi connectivity index (χ0v) is 23.6. The molecule has 1 unspecified atom stereocenters. The van der Waals surface area contributed by atoms with E-state index in [0.29, 0.717) is 22.9 Å². The molecule has 0 aliphatic heterocycles. The average molecular weight is 477 g/mol. The second-order valence-electron chi connectivity index (χ2n) is 11.3. The molecule has 2 heterocycles. The summed E-state index contributed by atoms with van der Waals surface area (Å²) >= 11 is 4.12. The molecule has 0 nitrogen and oxygen atoms in total. The molecule has 0 amide bonds. The van der Waals surface area contributed by atoms with Crippen LogP contribution in [-0.2, 0) is 0 Å². The molecule has 0 saturated heterocycles. The van der Waals surface area contributed by atoms with Crippen molar-refractivity contribution >= 4 is 36.8 Å². The molecular formula is C29H36S2Si. The van der Waals surface area contributed by atoms with Crippen molar-refractivity contribution in [3.63, 3.8) is 0 Å². The molecule has 2 aliphatic carbocycles. The minimum absolute atomic E-state index is 0.555. The van der Waals surface area contributed by atoms with E-state index in [1.54, 1.807) is 26.5 Å². The predicted octanol–water partition coefficient (Wildman–Crippen LogP) is 9.77. The Labute approximate surface area is 203 Å². The summed E-state index contributed by atoms with van der Waals surface area (Å²) in [4.78, 5) is 6.24. The lowest BCUT2D eigenvalue weighted by atomic mass is 9.89. The molecule has 1 aromatic carbocycles. The SMILES string of the molecule is CC1=Cc2c(C(C)C)cc(C(C)C)cc2C1[Si](C)(C)C1c2sc(C)cc2-c2cc(C)sc21. The fourth-order valence-electron chi connectivity index (χ4n) is 6.36. The van der Waals surface area contributed by atoms with E-state index >= 15 is 0 Å². The fourth-order valence-corrected chi connectivity index (χ4v) is 15.0. The van der Waals surface area contributed by atoms with E-state index < -0.39 is 8.07 Å². The van der Waals surface area contributed by atoms with Crippen molar-refractivity contribution in [1.82, 2.24) is 0 Å². The number of rotatable bonds is 4. The Morgan fingerprint density at radius 3 is 1.81 bits per heavy atom. The summed E-state index contributed by atoms with van der Waals surface area (Å²) < 4.78 is 0. The first-order valence-electron chi connectivity index (χ1n) is 12.1. The summed E-state index contributed by atoms with van der Waals surface area (Å²) in [5.41, 5.74) is 12.1. The number of allylic oxidation sites excluding steroid dienone is 1.